The molecule has 37 heavy (non-hydrogen) atoms. The Morgan fingerprint density at radius 3 is 1.57 bits per heavy atom. The van der Waals surface area contributed by atoms with E-state index in [1.807, 2.05) is 18.2 Å². The zero-order valence-corrected chi connectivity index (χ0v) is 23.1. The van der Waals surface area contributed by atoms with Gasteiger partial charge in [0.2, 0.25) is 0 Å². The van der Waals surface area contributed by atoms with Crippen LogP contribution in [0.5, 0.6) is 0 Å². The van der Waals surface area contributed by atoms with E-state index >= 15 is 0 Å². The Morgan fingerprint density at radius 2 is 1.08 bits per heavy atom. The molecule has 0 saturated heterocycles. The van der Waals surface area contributed by atoms with Gasteiger partial charge in [-0.15, -0.1) is 6.42 Å². The van der Waals surface area contributed by atoms with Crippen LogP contribution in [-0.2, 0) is 4.79 Å². The normalized spacial score (nSPS) is 13.1. The van der Waals surface area contributed by atoms with Crippen LogP contribution in [0.4, 0.5) is 0 Å². The van der Waals surface area contributed by atoms with Gasteiger partial charge in [0.25, 0.3) is 0 Å². The molecule has 0 bridgehead atoms. The Morgan fingerprint density at radius 1 is 0.649 bits per heavy atom. The number of aliphatic hydroxyl groups excluding tert-OH is 2. The number of hydrogen-bond acceptors (Lipinski definition) is 3. The summed E-state index contributed by atoms with van der Waals surface area (Å²) in [4.78, 5) is 10.2. The van der Waals surface area contributed by atoms with E-state index in [1.54, 1.807) is 12.2 Å². The highest BCUT2D eigenvalue weighted by Gasteiger charge is 1.99. The summed E-state index contributed by atoms with van der Waals surface area (Å²) in [6.07, 6.45) is 39.1. The summed E-state index contributed by atoms with van der Waals surface area (Å²) in [7, 11) is 0. The van der Waals surface area contributed by atoms with Crippen molar-refractivity contribution in [3.05, 3.63) is 36.5 Å². The van der Waals surface area contributed by atoms with E-state index in [0.29, 0.717) is 0 Å². The van der Waals surface area contributed by atoms with Gasteiger partial charge in [-0.05, 0) is 57.1 Å². The lowest BCUT2D eigenvalue weighted by molar-refractivity contribution is -0.130. The molecule has 4 nitrogen and oxygen atoms in total. The van der Waals surface area contributed by atoms with Crippen molar-refractivity contribution in [3.8, 4) is 24.2 Å². The van der Waals surface area contributed by atoms with Crippen LogP contribution >= 0.6 is 0 Å². The van der Waals surface area contributed by atoms with E-state index in [-0.39, 0.29) is 6.10 Å². The highest BCUT2D eigenvalue weighted by molar-refractivity contribution is 5.86. The van der Waals surface area contributed by atoms with Gasteiger partial charge in [0.1, 0.15) is 6.10 Å². The van der Waals surface area contributed by atoms with Crippen molar-refractivity contribution >= 4 is 5.97 Å². The van der Waals surface area contributed by atoms with Crippen molar-refractivity contribution < 1.29 is 20.1 Å². The van der Waals surface area contributed by atoms with Crippen LogP contribution in [0.15, 0.2) is 36.5 Å². The number of terminal acetylenes is 1. The first kappa shape index (κ1) is 34.7. The van der Waals surface area contributed by atoms with Gasteiger partial charge in [0.15, 0.2) is 0 Å². The van der Waals surface area contributed by atoms with Crippen LogP contribution < -0.4 is 0 Å². The highest BCUT2D eigenvalue weighted by atomic mass is 16.4. The molecule has 0 saturated carbocycles. The smallest absolute Gasteiger partial charge is 0.382 e. The van der Waals surface area contributed by atoms with Crippen LogP contribution in [0.3, 0.4) is 0 Å². The number of carbonyl (C=O) groups is 1. The predicted molar refractivity (Wildman–Crippen MR) is 156 cm³/mol. The molecule has 0 aromatic carbocycles. The first-order valence-corrected chi connectivity index (χ1v) is 14.6. The molecule has 208 valence electrons. The molecule has 0 spiro atoms. The molecule has 0 aliphatic rings. The molecule has 0 aromatic rings. The molecular weight excluding hydrogens is 460 g/mol. The zero-order chi connectivity index (χ0) is 27.2. The first-order chi connectivity index (χ1) is 18.1. The van der Waals surface area contributed by atoms with Gasteiger partial charge in [-0.25, -0.2) is 4.79 Å². The standard InChI is InChI=1S/C33H52O4/c1-2-31(34)27-23-19-15-11-7-4-3-5-8-12-16-20-24-28-32(35)29-25-21-17-13-9-6-10-14-18-22-26-30-33(36)37/h1,18,22-24,27-28,31-32,34-35H,3-17,19-21,25,29H2,(H,36,37)/b22-18-,27-23+,28-24+/t31-,32?/m0/s1. The Balaban J connectivity index is 3.35. The highest BCUT2D eigenvalue weighted by Crippen LogP contribution is 2.13. The minimum atomic E-state index is -1.09. The molecule has 0 aliphatic heterocycles. The quantitative estimate of drug-likeness (QED) is 0.0698. The summed E-state index contributed by atoms with van der Waals surface area (Å²) in [6.45, 7) is 0. The third kappa shape index (κ3) is 29.8. The third-order valence-corrected chi connectivity index (χ3v) is 6.34. The van der Waals surface area contributed by atoms with Crippen molar-refractivity contribution in [2.45, 2.75) is 141 Å². The lowest BCUT2D eigenvalue weighted by Gasteiger charge is -2.06. The van der Waals surface area contributed by atoms with E-state index < -0.39 is 12.1 Å². The molecule has 0 radical (unpaired) electrons. The maximum absolute atomic E-state index is 10.2. The molecule has 1 unspecified atom stereocenters. The topological polar surface area (TPSA) is 77.8 Å². The maximum Gasteiger partial charge on any atom is 0.382 e. The lowest BCUT2D eigenvalue weighted by Crippen LogP contribution is -2.01. The van der Waals surface area contributed by atoms with Crippen molar-refractivity contribution in [2.75, 3.05) is 0 Å². The molecule has 0 amide bonds. The van der Waals surface area contributed by atoms with E-state index in [1.165, 1.54) is 89.9 Å². The maximum atomic E-state index is 10.2. The number of hydrogen-bond donors (Lipinski definition) is 3. The number of unbranched alkanes of at least 4 members (excludes halogenated alkanes) is 17. The molecule has 0 fully saturated rings. The Bertz CT molecular complexity index is 717. The van der Waals surface area contributed by atoms with E-state index in [2.05, 4.69) is 23.8 Å². The molecular formula is C33H52O4. The van der Waals surface area contributed by atoms with Crippen LogP contribution in [0.1, 0.15) is 128 Å². The van der Waals surface area contributed by atoms with E-state index in [0.717, 1.165) is 38.5 Å². The number of carboxylic acids is 1. The first-order valence-electron chi connectivity index (χ1n) is 14.6. The molecule has 0 aromatic heterocycles. The average Bonchev–Trinajstić information content (AvgIpc) is 2.88. The summed E-state index contributed by atoms with van der Waals surface area (Å²) in [5.41, 5.74) is 0. The SMILES string of the molecule is C#C[C@H](O)/C=C/CCCCCCCCCCC/C=C/C(O)CCCCCCCCC/C=C\C#CC(=O)O. The largest absolute Gasteiger partial charge is 0.472 e. The van der Waals surface area contributed by atoms with Crippen LogP contribution in [0.25, 0.3) is 0 Å². The van der Waals surface area contributed by atoms with Gasteiger partial charge >= 0.3 is 5.97 Å². The second-order valence-electron chi connectivity index (χ2n) is 9.82. The molecule has 4 heteroatoms. The van der Waals surface area contributed by atoms with Crippen molar-refractivity contribution in [1.82, 2.24) is 0 Å². The summed E-state index contributed by atoms with van der Waals surface area (Å²) in [6, 6.07) is 0. The minimum Gasteiger partial charge on any atom is -0.472 e. The van der Waals surface area contributed by atoms with Crippen LogP contribution in [0.2, 0.25) is 0 Å². The minimum absolute atomic E-state index is 0.297. The summed E-state index contributed by atoms with van der Waals surface area (Å²) in [5, 5.41) is 27.7. The number of aliphatic hydroxyl groups is 2. The van der Waals surface area contributed by atoms with Gasteiger partial charge in [-0.2, -0.15) is 0 Å². The van der Waals surface area contributed by atoms with Crippen LogP contribution in [-0.4, -0.2) is 33.5 Å². The fraction of sp³-hybridized carbons (Fsp3) is 0.667. The predicted octanol–water partition coefficient (Wildman–Crippen LogP) is 7.90. The van der Waals surface area contributed by atoms with Crippen LogP contribution in [0, 0.1) is 24.2 Å². The Hall–Kier alpha value is -2.27. The second kappa shape index (κ2) is 28.3. The van der Waals surface area contributed by atoms with Crippen molar-refractivity contribution in [1.29, 1.82) is 0 Å². The fourth-order valence-electron chi connectivity index (χ4n) is 4.14. The van der Waals surface area contributed by atoms with Gasteiger partial charge in [0.05, 0.1) is 6.10 Å². The summed E-state index contributed by atoms with van der Waals surface area (Å²) in [5.74, 6) is 5.76. The van der Waals surface area contributed by atoms with Gasteiger partial charge in [-0.1, -0.05) is 120 Å². The van der Waals surface area contributed by atoms with Crippen molar-refractivity contribution in [3.63, 3.8) is 0 Å². The van der Waals surface area contributed by atoms with E-state index in [4.69, 9.17) is 11.5 Å². The lowest BCUT2D eigenvalue weighted by atomic mass is 10.0. The van der Waals surface area contributed by atoms with Gasteiger partial charge in [-0.3, -0.25) is 0 Å². The Labute approximate surface area is 227 Å². The van der Waals surface area contributed by atoms with E-state index in [9.17, 15) is 15.0 Å². The molecule has 0 rings (SSSR count). The number of allylic oxidation sites excluding steroid dienone is 4. The van der Waals surface area contributed by atoms with Crippen molar-refractivity contribution in [2.24, 2.45) is 0 Å². The zero-order valence-electron chi connectivity index (χ0n) is 23.1. The second-order valence-corrected chi connectivity index (χ2v) is 9.82. The monoisotopic (exact) mass is 512 g/mol. The van der Waals surface area contributed by atoms with Gasteiger partial charge < -0.3 is 15.3 Å². The average molecular weight is 513 g/mol. The molecule has 0 aliphatic carbocycles. The van der Waals surface area contributed by atoms with Gasteiger partial charge in [0, 0.05) is 5.92 Å². The molecule has 0 heterocycles. The number of carboxylic acid groups (broad SMARTS) is 1. The fourth-order valence-corrected chi connectivity index (χ4v) is 4.14. The molecule has 3 N–H and O–H groups in total. The molecule has 2 atom stereocenters. The number of aliphatic carboxylic acids is 1. The summed E-state index contributed by atoms with van der Waals surface area (Å²) >= 11 is 0. The third-order valence-electron chi connectivity index (χ3n) is 6.34. The number of rotatable bonds is 24. The summed E-state index contributed by atoms with van der Waals surface area (Å²) < 4.78 is 0. The Kier molecular flexibility index (Phi) is 26.6.